The zero-order valence-electron chi connectivity index (χ0n) is 12.9. The monoisotopic (exact) mass is 328 g/mol. The summed E-state index contributed by atoms with van der Waals surface area (Å²) in [5.74, 6) is 0.237. The van der Waals surface area contributed by atoms with Crippen LogP contribution in [0.4, 0.5) is 5.69 Å². The van der Waals surface area contributed by atoms with Crippen LogP contribution in [0.2, 0.25) is 0 Å². The molecule has 1 atom stereocenters. The second kappa shape index (κ2) is 8.06. The molecule has 0 saturated carbocycles. The lowest BCUT2D eigenvalue weighted by Crippen LogP contribution is -2.37. The van der Waals surface area contributed by atoms with E-state index in [4.69, 9.17) is 0 Å². The molecule has 0 spiro atoms. The summed E-state index contributed by atoms with van der Waals surface area (Å²) < 4.78 is 0.207. The van der Waals surface area contributed by atoms with E-state index in [1.807, 2.05) is 23.9 Å². The van der Waals surface area contributed by atoms with Gasteiger partial charge in [0, 0.05) is 21.9 Å². The van der Waals surface area contributed by atoms with E-state index in [0.29, 0.717) is 0 Å². The van der Waals surface area contributed by atoms with E-state index in [0.717, 1.165) is 31.6 Å². The number of piperidine rings is 1. The van der Waals surface area contributed by atoms with Crippen molar-refractivity contribution in [3.8, 4) is 0 Å². The topological polar surface area (TPSA) is 41.1 Å². The third-order valence-corrected chi connectivity index (χ3v) is 4.33. The van der Waals surface area contributed by atoms with Crippen LogP contribution in [0.5, 0.6) is 0 Å². The highest BCUT2D eigenvalue weighted by Crippen LogP contribution is 2.32. The Hall–Kier alpha value is -0.710. The molecule has 1 aromatic carbocycles. The number of thioether (sulfide) groups is 1. The fourth-order valence-corrected chi connectivity index (χ4v) is 3.26. The fourth-order valence-electron chi connectivity index (χ4n) is 2.28. The second-order valence-corrected chi connectivity index (χ2v) is 8.17. The van der Waals surface area contributed by atoms with Gasteiger partial charge in [0.2, 0.25) is 5.91 Å². The largest absolute Gasteiger partial charge is 0.326 e. The molecule has 0 aromatic heterocycles. The molecule has 1 unspecified atom stereocenters. The van der Waals surface area contributed by atoms with Crippen molar-refractivity contribution in [3.05, 3.63) is 24.3 Å². The molecule has 5 heteroatoms. The Bertz CT molecular complexity index is 450. The molecule has 118 valence electrons. The molecule has 1 aromatic rings. The molecule has 1 heterocycles. The minimum Gasteiger partial charge on any atom is -0.326 e. The first kappa shape index (κ1) is 18.3. The molecule has 0 bridgehead atoms. The predicted octanol–water partition coefficient (Wildman–Crippen LogP) is 3.94. The summed E-state index contributed by atoms with van der Waals surface area (Å²) in [5, 5.41) is 6.29. The smallest absolute Gasteiger partial charge is 0.228 e. The summed E-state index contributed by atoms with van der Waals surface area (Å²) in [4.78, 5) is 13.4. The highest BCUT2D eigenvalue weighted by Gasteiger charge is 2.20. The molecule has 1 amide bonds. The third kappa shape index (κ3) is 6.29. The van der Waals surface area contributed by atoms with Crippen molar-refractivity contribution in [2.24, 2.45) is 5.92 Å². The van der Waals surface area contributed by atoms with E-state index in [2.05, 4.69) is 43.5 Å². The van der Waals surface area contributed by atoms with E-state index in [9.17, 15) is 4.79 Å². The van der Waals surface area contributed by atoms with Crippen LogP contribution in [-0.2, 0) is 4.79 Å². The van der Waals surface area contributed by atoms with Gasteiger partial charge >= 0.3 is 0 Å². The summed E-state index contributed by atoms with van der Waals surface area (Å²) in [6.07, 6.45) is 2.07. The molecule has 0 aliphatic carbocycles. The lowest BCUT2D eigenvalue weighted by molar-refractivity contribution is -0.120. The number of anilines is 1. The van der Waals surface area contributed by atoms with Crippen LogP contribution in [0.15, 0.2) is 29.2 Å². The maximum Gasteiger partial charge on any atom is 0.228 e. The van der Waals surface area contributed by atoms with Crippen molar-refractivity contribution in [3.63, 3.8) is 0 Å². The van der Waals surface area contributed by atoms with Crippen LogP contribution in [0, 0.1) is 5.92 Å². The van der Waals surface area contributed by atoms with Gasteiger partial charge in [0.25, 0.3) is 0 Å². The second-order valence-electron chi connectivity index (χ2n) is 6.27. The molecule has 0 radical (unpaired) electrons. The van der Waals surface area contributed by atoms with Gasteiger partial charge in [-0.1, -0.05) is 20.8 Å². The molecular formula is C16H25ClN2OS. The maximum atomic E-state index is 12.1. The average molecular weight is 329 g/mol. The average Bonchev–Trinajstić information content (AvgIpc) is 2.40. The van der Waals surface area contributed by atoms with E-state index >= 15 is 0 Å². The first-order valence-corrected chi connectivity index (χ1v) is 8.06. The van der Waals surface area contributed by atoms with Crippen molar-refractivity contribution < 1.29 is 4.79 Å². The minimum absolute atomic E-state index is 0. The molecule has 21 heavy (non-hydrogen) atoms. The highest BCUT2D eigenvalue weighted by atomic mass is 35.5. The Balaban J connectivity index is 0.00000220. The Morgan fingerprint density at radius 1 is 1.29 bits per heavy atom. The zero-order chi connectivity index (χ0) is 14.6. The van der Waals surface area contributed by atoms with Gasteiger partial charge in [-0.05, 0) is 43.7 Å². The first-order chi connectivity index (χ1) is 9.44. The zero-order valence-corrected chi connectivity index (χ0v) is 14.6. The summed E-state index contributed by atoms with van der Waals surface area (Å²) >= 11 is 1.83. The molecule has 1 aliphatic heterocycles. The van der Waals surface area contributed by atoms with Crippen molar-refractivity contribution in [1.29, 1.82) is 0 Å². The summed E-state index contributed by atoms with van der Waals surface area (Å²) in [7, 11) is 0. The van der Waals surface area contributed by atoms with E-state index in [-0.39, 0.29) is 29.0 Å². The Kier molecular flexibility index (Phi) is 7.04. The van der Waals surface area contributed by atoms with E-state index in [1.54, 1.807) is 0 Å². The molecule has 1 fully saturated rings. The van der Waals surface area contributed by atoms with Gasteiger partial charge in [0.05, 0.1) is 5.92 Å². The molecule has 2 N–H and O–H groups in total. The Labute approximate surface area is 138 Å². The van der Waals surface area contributed by atoms with Gasteiger partial charge in [-0.3, -0.25) is 4.79 Å². The summed E-state index contributed by atoms with van der Waals surface area (Å²) in [5.41, 5.74) is 0.888. The van der Waals surface area contributed by atoms with Gasteiger partial charge in [-0.2, -0.15) is 0 Å². The molecule has 1 aliphatic rings. The number of amides is 1. The van der Waals surface area contributed by atoms with Crippen LogP contribution in [0.25, 0.3) is 0 Å². The van der Waals surface area contributed by atoms with Crippen LogP contribution < -0.4 is 10.6 Å². The van der Waals surface area contributed by atoms with Crippen LogP contribution in [0.3, 0.4) is 0 Å². The number of halogens is 1. The molecule has 3 nitrogen and oxygen atoms in total. The normalized spacial score (nSPS) is 18.7. The third-order valence-electron chi connectivity index (χ3n) is 3.21. The number of rotatable bonds is 3. The van der Waals surface area contributed by atoms with Crippen molar-refractivity contribution >= 4 is 35.8 Å². The first-order valence-electron chi connectivity index (χ1n) is 7.25. The predicted molar refractivity (Wildman–Crippen MR) is 93.5 cm³/mol. The van der Waals surface area contributed by atoms with Gasteiger partial charge in [-0.25, -0.2) is 0 Å². The number of hydrogen-bond donors (Lipinski definition) is 2. The number of nitrogens with one attached hydrogen (secondary N) is 2. The van der Waals surface area contributed by atoms with Crippen LogP contribution in [0.1, 0.15) is 33.6 Å². The molecule has 2 rings (SSSR count). The Morgan fingerprint density at radius 3 is 2.48 bits per heavy atom. The van der Waals surface area contributed by atoms with Gasteiger partial charge < -0.3 is 10.6 Å². The lowest BCUT2D eigenvalue weighted by atomic mass is 9.99. The lowest BCUT2D eigenvalue weighted by Gasteiger charge is -2.22. The SMILES string of the molecule is CC(C)(C)Sc1ccc(NC(=O)C2CCCNC2)cc1.Cl. The van der Waals surface area contributed by atoms with Gasteiger partial charge in [0.15, 0.2) is 0 Å². The van der Waals surface area contributed by atoms with Crippen LogP contribution >= 0.6 is 24.2 Å². The van der Waals surface area contributed by atoms with E-state index < -0.39 is 0 Å². The quantitative estimate of drug-likeness (QED) is 0.826. The number of carbonyl (C=O) groups excluding carboxylic acids is 1. The van der Waals surface area contributed by atoms with Crippen molar-refractivity contribution in [2.75, 3.05) is 18.4 Å². The fraction of sp³-hybridized carbons (Fsp3) is 0.562. The number of carbonyl (C=O) groups is 1. The molecular weight excluding hydrogens is 304 g/mol. The summed E-state index contributed by atoms with van der Waals surface area (Å²) in [6.45, 7) is 8.42. The Morgan fingerprint density at radius 2 is 1.95 bits per heavy atom. The van der Waals surface area contributed by atoms with Crippen LogP contribution in [-0.4, -0.2) is 23.7 Å². The number of benzene rings is 1. The molecule has 1 saturated heterocycles. The maximum absolute atomic E-state index is 12.1. The van der Waals surface area contributed by atoms with Crippen molar-refractivity contribution in [2.45, 2.75) is 43.3 Å². The van der Waals surface area contributed by atoms with Crippen molar-refractivity contribution in [1.82, 2.24) is 5.32 Å². The standard InChI is InChI=1S/C16H24N2OS.ClH/c1-16(2,3)20-14-8-6-13(7-9-14)18-15(19)12-5-4-10-17-11-12;/h6-9,12,17H,4-5,10-11H2,1-3H3,(H,18,19);1H. The summed E-state index contributed by atoms with van der Waals surface area (Å²) in [6, 6.07) is 8.12. The van der Waals surface area contributed by atoms with Gasteiger partial charge in [-0.15, -0.1) is 24.2 Å². The van der Waals surface area contributed by atoms with E-state index in [1.165, 1.54) is 4.90 Å². The highest BCUT2D eigenvalue weighted by molar-refractivity contribution is 8.00. The van der Waals surface area contributed by atoms with Gasteiger partial charge in [0.1, 0.15) is 0 Å². The minimum atomic E-state index is 0. The number of hydrogen-bond acceptors (Lipinski definition) is 3.